The first-order valence-corrected chi connectivity index (χ1v) is 9.01. The van der Waals surface area contributed by atoms with Crippen molar-refractivity contribution in [3.8, 4) is 0 Å². The number of ether oxygens (including phenoxy) is 1. The van der Waals surface area contributed by atoms with Gasteiger partial charge in [-0.3, -0.25) is 9.00 Å². The van der Waals surface area contributed by atoms with Gasteiger partial charge in [-0.05, 0) is 39.5 Å². The van der Waals surface area contributed by atoms with E-state index in [0.717, 1.165) is 0 Å². The number of hydrogen-bond acceptors (Lipinski definition) is 5. The normalized spacial score (nSPS) is 29.7. The highest BCUT2D eigenvalue weighted by atomic mass is 32.2. The predicted octanol–water partition coefficient (Wildman–Crippen LogP) is 0.827. The molecule has 0 spiro atoms. The fraction of sp³-hybridized carbons (Fsp3) is 0.929. The van der Waals surface area contributed by atoms with Crippen molar-refractivity contribution in [2.45, 2.75) is 51.2 Å². The van der Waals surface area contributed by atoms with Gasteiger partial charge in [0.1, 0.15) is 0 Å². The Morgan fingerprint density at radius 3 is 2.60 bits per heavy atom. The van der Waals surface area contributed by atoms with E-state index in [4.69, 9.17) is 4.74 Å². The second-order valence-corrected chi connectivity index (χ2v) is 7.25. The Balaban J connectivity index is 2.34. The highest BCUT2D eigenvalue weighted by Crippen LogP contribution is 2.32. The maximum atomic E-state index is 11.6. The molecule has 5 nitrogen and oxygen atoms in total. The minimum atomic E-state index is -0.835. The van der Waals surface area contributed by atoms with Gasteiger partial charge in [0.05, 0.1) is 18.1 Å². The smallest absolute Gasteiger partial charge is 0.308 e. The van der Waals surface area contributed by atoms with Crippen LogP contribution in [0.5, 0.6) is 0 Å². The Kier molecular flexibility index (Phi) is 7.12. The van der Waals surface area contributed by atoms with Crippen LogP contribution in [-0.2, 0) is 20.3 Å². The summed E-state index contributed by atoms with van der Waals surface area (Å²) < 4.78 is 16.1. The largest absolute Gasteiger partial charge is 0.466 e. The number of carbonyl (C=O) groups excluding carboxylic acids is 1. The second-order valence-electron chi connectivity index (χ2n) is 5.77. The van der Waals surface area contributed by atoms with E-state index < -0.39 is 16.4 Å². The molecule has 0 aromatic carbocycles. The number of esters is 1. The molecule has 0 aromatic heterocycles. The summed E-state index contributed by atoms with van der Waals surface area (Å²) in [6.45, 7) is 4.67. The zero-order chi connectivity index (χ0) is 15.2. The van der Waals surface area contributed by atoms with Crippen molar-refractivity contribution in [1.82, 2.24) is 5.32 Å². The maximum Gasteiger partial charge on any atom is 0.308 e. The lowest BCUT2D eigenvalue weighted by Gasteiger charge is -2.36. The average molecular weight is 305 g/mol. The lowest BCUT2D eigenvalue weighted by atomic mass is 9.78. The topological polar surface area (TPSA) is 75.6 Å². The molecule has 1 saturated carbocycles. The zero-order valence-corrected chi connectivity index (χ0v) is 13.5. The first-order valence-electron chi connectivity index (χ1n) is 7.28. The van der Waals surface area contributed by atoms with E-state index in [1.54, 1.807) is 13.2 Å². The fourth-order valence-corrected chi connectivity index (χ4v) is 3.42. The average Bonchev–Trinajstić information content (AvgIpc) is 2.37. The molecule has 2 unspecified atom stereocenters. The van der Waals surface area contributed by atoms with Crippen LogP contribution in [0, 0.1) is 5.92 Å². The van der Waals surface area contributed by atoms with E-state index in [9.17, 15) is 14.1 Å². The molecule has 0 aliphatic heterocycles. The molecule has 6 heteroatoms. The van der Waals surface area contributed by atoms with Gasteiger partial charge in [-0.1, -0.05) is 0 Å². The molecular weight excluding hydrogens is 278 g/mol. The summed E-state index contributed by atoms with van der Waals surface area (Å²) in [5, 5.41) is 13.7. The molecule has 2 atom stereocenters. The van der Waals surface area contributed by atoms with E-state index in [1.165, 1.54) is 0 Å². The lowest BCUT2D eigenvalue weighted by Crippen LogP contribution is -2.47. The van der Waals surface area contributed by atoms with Crippen LogP contribution in [0.3, 0.4) is 0 Å². The molecule has 0 aromatic rings. The lowest BCUT2D eigenvalue weighted by molar-refractivity contribution is -0.151. The molecule has 0 saturated heterocycles. The van der Waals surface area contributed by atoms with Crippen molar-refractivity contribution in [2.24, 2.45) is 5.92 Å². The monoisotopic (exact) mass is 305 g/mol. The minimum Gasteiger partial charge on any atom is -0.466 e. The van der Waals surface area contributed by atoms with E-state index in [1.807, 2.05) is 6.92 Å². The van der Waals surface area contributed by atoms with E-state index in [-0.39, 0.29) is 17.9 Å². The van der Waals surface area contributed by atoms with Crippen LogP contribution in [0.15, 0.2) is 0 Å². The second kappa shape index (κ2) is 8.10. The first kappa shape index (κ1) is 17.6. The summed E-state index contributed by atoms with van der Waals surface area (Å²) in [7, 11) is -0.835. The SMILES string of the molecule is CCOC(=O)C1CCC(O)(CNC(C)CS(C)=O)CC1. The highest BCUT2D eigenvalue weighted by molar-refractivity contribution is 7.84. The minimum absolute atomic E-state index is 0.0733. The molecule has 0 amide bonds. The molecule has 1 aliphatic carbocycles. The van der Waals surface area contributed by atoms with Crippen molar-refractivity contribution >= 4 is 16.8 Å². The van der Waals surface area contributed by atoms with Crippen molar-refractivity contribution in [3.63, 3.8) is 0 Å². The molecule has 0 radical (unpaired) electrons. The summed E-state index contributed by atoms with van der Waals surface area (Å²) in [5.74, 6) is 0.370. The molecule has 1 rings (SSSR count). The molecule has 2 N–H and O–H groups in total. The van der Waals surface area contributed by atoms with Gasteiger partial charge < -0.3 is 15.2 Å². The third-order valence-corrected chi connectivity index (χ3v) is 4.77. The van der Waals surface area contributed by atoms with Gasteiger partial charge in [-0.25, -0.2) is 0 Å². The highest BCUT2D eigenvalue weighted by Gasteiger charge is 2.36. The summed E-state index contributed by atoms with van der Waals surface area (Å²) >= 11 is 0. The summed E-state index contributed by atoms with van der Waals surface area (Å²) in [6, 6.07) is 0.118. The Morgan fingerprint density at radius 1 is 1.50 bits per heavy atom. The Labute approximate surface area is 123 Å². The van der Waals surface area contributed by atoms with Crippen LogP contribution in [0.2, 0.25) is 0 Å². The first-order chi connectivity index (χ1) is 9.36. The Bertz CT molecular complexity index is 340. The number of hydrogen-bond donors (Lipinski definition) is 2. The maximum absolute atomic E-state index is 11.6. The molecule has 1 aliphatic rings. The van der Waals surface area contributed by atoms with Gasteiger partial charge in [0, 0.05) is 35.4 Å². The standard InChI is InChI=1S/C14H27NO4S/c1-4-19-13(16)12-5-7-14(17,8-6-12)10-15-11(2)9-20(3)18/h11-12,15,17H,4-10H2,1-3H3. The van der Waals surface area contributed by atoms with Gasteiger partial charge in [0.2, 0.25) is 0 Å². The van der Waals surface area contributed by atoms with Gasteiger partial charge in [-0.15, -0.1) is 0 Å². The van der Waals surface area contributed by atoms with Gasteiger partial charge in [-0.2, -0.15) is 0 Å². The summed E-state index contributed by atoms with van der Waals surface area (Å²) in [4.78, 5) is 11.6. The van der Waals surface area contributed by atoms with E-state index >= 15 is 0 Å². The van der Waals surface area contributed by atoms with Crippen molar-refractivity contribution in [1.29, 1.82) is 0 Å². The third kappa shape index (κ3) is 5.89. The summed E-state index contributed by atoms with van der Waals surface area (Å²) in [5.41, 5.74) is -0.757. The van der Waals surface area contributed by atoms with Crippen LogP contribution in [-0.4, -0.2) is 52.1 Å². The van der Waals surface area contributed by atoms with Crippen LogP contribution >= 0.6 is 0 Å². The molecule has 1 fully saturated rings. The zero-order valence-electron chi connectivity index (χ0n) is 12.7. The van der Waals surface area contributed by atoms with Crippen molar-refractivity contribution in [3.05, 3.63) is 0 Å². The van der Waals surface area contributed by atoms with Gasteiger partial charge in [0.25, 0.3) is 0 Å². The predicted molar refractivity (Wildman–Crippen MR) is 79.9 cm³/mol. The molecule has 0 bridgehead atoms. The molecule has 20 heavy (non-hydrogen) atoms. The van der Waals surface area contributed by atoms with E-state index in [2.05, 4.69) is 5.32 Å². The van der Waals surface area contributed by atoms with Crippen LogP contribution in [0.1, 0.15) is 39.5 Å². The van der Waals surface area contributed by atoms with E-state index in [0.29, 0.717) is 44.6 Å². The quantitative estimate of drug-likeness (QED) is 0.681. The summed E-state index contributed by atoms with van der Waals surface area (Å²) in [6.07, 6.45) is 4.23. The Hall–Kier alpha value is -0.460. The Morgan fingerprint density at radius 2 is 2.10 bits per heavy atom. The molecule has 118 valence electrons. The van der Waals surface area contributed by atoms with Crippen LogP contribution < -0.4 is 5.32 Å². The third-order valence-electron chi connectivity index (χ3n) is 3.80. The number of rotatable bonds is 7. The van der Waals surface area contributed by atoms with Crippen molar-refractivity contribution in [2.75, 3.05) is 25.2 Å². The molecular formula is C14H27NO4S. The van der Waals surface area contributed by atoms with Crippen LogP contribution in [0.25, 0.3) is 0 Å². The van der Waals surface area contributed by atoms with Crippen LogP contribution in [0.4, 0.5) is 0 Å². The van der Waals surface area contributed by atoms with Crippen molar-refractivity contribution < 1.29 is 18.8 Å². The fourth-order valence-electron chi connectivity index (χ4n) is 2.60. The molecule has 0 heterocycles. The van der Waals surface area contributed by atoms with Gasteiger partial charge in [0.15, 0.2) is 0 Å². The van der Waals surface area contributed by atoms with Gasteiger partial charge >= 0.3 is 5.97 Å². The number of aliphatic hydroxyl groups is 1. The number of carbonyl (C=O) groups is 1. The number of nitrogens with one attached hydrogen (secondary N) is 1.